The summed E-state index contributed by atoms with van der Waals surface area (Å²) < 4.78 is 26.7. The van der Waals surface area contributed by atoms with E-state index in [1.165, 1.54) is 21.1 Å². The number of anilines is 1. The molecule has 1 aliphatic heterocycles. The summed E-state index contributed by atoms with van der Waals surface area (Å²) >= 11 is 0. The van der Waals surface area contributed by atoms with Crippen LogP contribution in [0.2, 0.25) is 0 Å². The van der Waals surface area contributed by atoms with E-state index in [9.17, 15) is 24.0 Å². The monoisotopic (exact) mass is 480 g/mol. The number of amides is 2. The number of benzene rings is 1. The number of carbonyl (C=O) groups is 5. The van der Waals surface area contributed by atoms with Gasteiger partial charge in [-0.25, -0.2) is 0 Å². The van der Waals surface area contributed by atoms with Crippen molar-refractivity contribution in [2.75, 3.05) is 25.7 Å². The molecule has 5 atom stereocenters. The summed E-state index contributed by atoms with van der Waals surface area (Å²) in [6.45, 7) is 3.08. The molecule has 1 fully saturated rings. The maximum Gasteiger partial charge on any atom is 0.316 e. The van der Waals surface area contributed by atoms with Gasteiger partial charge in [-0.05, 0) is 12.1 Å². The Balaban J connectivity index is 2.33. The molecule has 0 radical (unpaired) electrons. The van der Waals surface area contributed by atoms with Gasteiger partial charge < -0.3 is 33.9 Å². The molecule has 186 valence electrons. The molecule has 0 bridgehead atoms. The second-order valence-corrected chi connectivity index (χ2v) is 7.43. The zero-order valence-corrected chi connectivity index (χ0v) is 19.5. The Hall–Kier alpha value is -3.51. The van der Waals surface area contributed by atoms with Crippen LogP contribution >= 0.6 is 0 Å². The van der Waals surface area contributed by atoms with Crippen LogP contribution in [0.3, 0.4) is 0 Å². The molecule has 1 N–H and O–H groups in total. The first-order valence-corrected chi connectivity index (χ1v) is 10.3. The number of nitrogens with one attached hydrogen (secondary N) is 1. The molecule has 34 heavy (non-hydrogen) atoms. The van der Waals surface area contributed by atoms with Gasteiger partial charge in [-0.15, -0.1) is 0 Å². The van der Waals surface area contributed by atoms with Gasteiger partial charge in [0.1, 0.15) is 18.8 Å². The van der Waals surface area contributed by atoms with Crippen molar-refractivity contribution < 1.29 is 47.7 Å². The summed E-state index contributed by atoms with van der Waals surface area (Å²) in [4.78, 5) is 61.6. The van der Waals surface area contributed by atoms with Crippen LogP contribution < -0.4 is 10.2 Å². The molecule has 0 unspecified atom stereocenters. The second kappa shape index (κ2) is 12.1. The molecule has 12 heteroatoms. The van der Waals surface area contributed by atoms with E-state index in [0.717, 1.165) is 18.7 Å². The van der Waals surface area contributed by atoms with Crippen LogP contribution in [-0.4, -0.2) is 81.1 Å². The van der Waals surface area contributed by atoms with Crippen LogP contribution in [0.5, 0.6) is 0 Å². The Morgan fingerprint density at radius 1 is 0.941 bits per heavy atom. The summed E-state index contributed by atoms with van der Waals surface area (Å²) in [5.41, 5.74) is 0.474. The topological polar surface area (TPSA) is 147 Å². The summed E-state index contributed by atoms with van der Waals surface area (Å²) in [7, 11) is 2.68. The third kappa shape index (κ3) is 6.99. The highest BCUT2D eigenvalue weighted by molar-refractivity contribution is 6.40. The van der Waals surface area contributed by atoms with Crippen molar-refractivity contribution in [3.05, 3.63) is 30.3 Å². The van der Waals surface area contributed by atoms with E-state index in [1.807, 2.05) is 0 Å². The largest absolute Gasteiger partial charge is 0.463 e. The van der Waals surface area contributed by atoms with Crippen LogP contribution in [0.25, 0.3) is 0 Å². The van der Waals surface area contributed by atoms with E-state index in [2.05, 4.69) is 5.32 Å². The molecule has 2 amide bonds. The molecule has 0 spiro atoms. The number of methoxy groups -OCH3 is 1. The maximum absolute atomic E-state index is 12.8. The van der Waals surface area contributed by atoms with Crippen molar-refractivity contribution in [3.8, 4) is 0 Å². The molecule has 0 aromatic heterocycles. The average Bonchev–Trinajstić information content (AvgIpc) is 2.79. The summed E-state index contributed by atoms with van der Waals surface area (Å²) in [6, 6.07) is 7.21. The van der Waals surface area contributed by atoms with Gasteiger partial charge in [-0.2, -0.15) is 0 Å². The van der Waals surface area contributed by atoms with Crippen molar-refractivity contribution in [2.45, 2.75) is 51.4 Å². The predicted molar refractivity (Wildman–Crippen MR) is 115 cm³/mol. The Bertz CT molecular complexity index is 906. The van der Waals surface area contributed by atoms with Crippen molar-refractivity contribution >= 4 is 35.4 Å². The van der Waals surface area contributed by atoms with Crippen LogP contribution in [-0.2, 0) is 47.7 Å². The highest BCUT2D eigenvalue weighted by Gasteiger charge is 2.51. The van der Waals surface area contributed by atoms with Crippen LogP contribution in [0, 0.1) is 0 Å². The molecule has 0 saturated carbocycles. The fourth-order valence-corrected chi connectivity index (χ4v) is 3.39. The zero-order valence-electron chi connectivity index (χ0n) is 19.5. The normalized spacial score (nSPS) is 23.9. The highest BCUT2D eigenvalue weighted by Crippen LogP contribution is 2.27. The Morgan fingerprint density at radius 3 is 2.06 bits per heavy atom. The van der Waals surface area contributed by atoms with Crippen LogP contribution in [0.15, 0.2) is 30.3 Å². The van der Waals surface area contributed by atoms with Gasteiger partial charge in [0.05, 0.1) is 0 Å². The minimum Gasteiger partial charge on any atom is -0.463 e. The first-order chi connectivity index (χ1) is 16.0. The van der Waals surface area contributed by atoms with E-state index in [4.69, 9.17) is 23.7 Å². The first kappa shape index (κ1) is 26.7. The fraction of sp³-hybridized carbons (Fsp3) is 0.500. The smallest absolute Gasteiger partial charge is 0.316 e. The van der Waals surface area contributed by atoms with E-state index in [-0.39, 0.29) is 6.61 Å². The van der Waals surface area contributed by atoms with E-state index >= 15 is 0 Å². The number of ether oxygens (including phenoxy) is 5. The zero-order chi connectivity index (χ0) is 25.4. The van der Waals surface area contributed by atoms with Gasteiger partial charge in [0.15, 0.2) is 18.5 Å². The van der Waals surface area contributed by atoms with Gasteiger partial charge in [0.25, 0.3) is 0 Å². The minimum absolute atomic E-state index is 0.346. The number of esters is 3. The molecule has 1 aromatic carbocycles. The Labute approximate surface area is 196 Å². The Morgan fingerprint density at radius 2 is 1.53 bits per heavy atom. The lowest BCUT2D eigenvalue weighted by atomic mass is 9.96. The highest BCUT2D eigenvalue weighted by atomic mass is 16.7. The molecule has 2 rings (SSSR count). The number of hydrogen-bond donors (Lipinski definition) is 1. The maximum atomic E-state index is 12.8. The third-order valence-electron chi connectivity index (χ3n) is 4.87. The van der Waals surface area contributed by atoms with E-state index < -0.39 is 60.4 Å². The predicted octanol–water partition coefficient (Wildman–Crippen LogP) is -0.0680. The SMILES string of the molecule is CO[C@@H]1O[C@H](COC(C)=O)[C@@H](OC(C)=O)[C@H](OC(C)=O)[C@H]1NC(=O)C(=O)N(C)c1ccccc1. The number of likely N-dealkylation sites (N-methyl/N-ethyl adjacent to an activating group) is 1. The van der Waals surface area contributed by atoms with Crippen LogP contribution in [0.1, 0.15) is 20.8 Å². The number of rotatable bonds is 7. The molecule has 1 aliphatic rings. The van der Waals surface area contributed by atoms with Crippen molar-refractivity contribution in [3.63, 3.8) is 0 Å². The first-order valence-electron chi connectivity index (χ1n) is 10.3. The molecule has 1 heterocycles. The van der Waals surface area contributed by atoms with Gasteiger partial charge >= 0.3 is 29.7 Å². The third-order valence-corrected chi connectivity index (χ3v) is 4.87. The lowest BCUT2D eigenvalue weighted by Crippen LogP contribution is -2.67. The van der Waals surface area contributed by atoms with E-state index in [1.54, 1.807) is 30.3 Å². The fourth-order valence-electron chi connectivity index (χ4n) is 3.39. The Kier molecular flexibility index (Phi) is 9.51. The van der Waals surface area contributed by atoms with Gasteiger partial charge in [-0.3, -0.25) is 24.0 Å². The van der Waals surface area contributed by atoms with Gasteiger partial charge in [-0.1, -0.05) is 18.2 Å². The molecule has 0 aliphatic carbocycles. The van der Waals surface area contributed by atoms with Crippen molar-refractivity contribution in [2.24, 2.45) is 0 Å². The molecular formula is C22H28N2O10. The summed E-state index contributed by atoms with van der Waals surface area (Å²) in [6.07, 6.45) is -4.92. The van der Waals surface area contributed by atoms with Gasteiger partial charge in [0, 0.05) is 40.6 Å². The lowest BCUT2D eigenvalue weighted by molar-refractivity contribution is -0.271. The second-order valence-electron chi connectivity index (χ2n) is 7.43. The number of para-hydroxylation sites is 1. The number of carbonyl (C=O) groups excluding carboxylic acids is 5. The van der Waals surface area contributed by atoms with Gasteiger partial charge in [0.2, 0.25) is 0 Å². The molecule has 12 nitrogen and oxygen atoms in total. The molecular weight excluding hydrogens is 452 g/mol. The number of hydrogen-bond acceptors (Lipinski definition) is 10. The number of nitrogens with zero attached hydrogens (tertiary/aromatic N) is 1. The van der Waals surface area contributed by atoms with Crippen molar-refractivity contribution in [1.82, 2.24) is 5.32 Å². The quantitative estimate of drug-likeness (QED) is 0.320. The average molecular weight is 480 g/mol. The van der Waals surface area contributed by atoms with Crippen molar-refractivity contribution in [1.29, 1.82) is 0 Å². The minimum atomic E-state index is -1.32. The molecule has 1 saturated heterocycles. The van der Waals surface area contributed by atoms with Crippen LogP contribution in [0.4, 0.5) is 5.69 Å². The summed E-state index contributed by atoms with van der Waals surface area (Å²) in [5.74, 6) is -4.06. The standard InChI is InChI=1S/C22H28N2O10/c1-12(25)31-11-16-18(32-13(2)26)19(33-14(3)27)17(22(30-5)34-16)23-20(28)21(29)24(4)15-9-7-6-8-10-15/h6-10,16-19,22H,11H2,1-5H3,(H,23,28)/t16-,17-,18-,19-,22-/m1/s1. The van der Waals surface area contributed by atoms with E-state index in [0.29, 0.717) is 5.69 Å². The lowest BCUT2D eigenvalue weighted by Gasteiger charge is -2.44. The summed E-state index contributed by atoms with van der Waals surface area (Å²) in [5, 5.41) is 2.46. The molecule has 1 aromatic rings.